The van der Waals surface area contributed by atoms with E-state index in [4.69, 9.17) is 4.74 Å². The molecule has 0 N–H and O–H groups in total. The van der Waals surface area contributed by atoms with Crippen LogP contribution in [-0.2, 0) is 9.59 Å². The molecule has 2 aromatic carbocycles. The molecule has 0 aliphatic heterocycles. The van der Waals surface area contributed by atoms with Crippen LogP contribution in [-0.4, -0.2) is 16.8 Å². The fourth-order valence-electron chi connectivity index (χ4n) is 1.97. The van der Waals surface area contributed by atoms with Gasteiger partial charge in [0.25, 0.3) is 0 Å². The highest BCUT2D eigenvalue weighted by atomic mass is 32.2. The highest BCUT2D eigenvalue weighted by Gasteiger charge is 2.06. The summed E-state index contributed by atoms with van der Waals surface area (Å²) in [6.07, 6.45) is 3.89. The van der Waals surface area contributed by atoms with Crippen molar-refractivity contribution in [1.82, 2.24) is 0 Å². The predicted octanol–water partition coefficient (Wildman–Crippen LogP) is 6.17. The molecule has 0 aromatic heterocycles. The smallest absolute Gasteiger partial charge is 0.219 e. The summed E-state index contributed by atoms with van der Waals surface area (Å²) >= 11 is 2.33. The van der Waals surface area contributed by atoms with E-state index in [0.717, 1.165) is 32.9 Å². The van der Waals surface area contributed by atoms with Gasteiger partial charge in [-0.15, -0.1) is 0 Å². The molecule has 0 aliphatic carbocycles. The summed E-state index contributed by atoms with van der Waals surface area (Å²) in [6.45, 7) is 11.1. The van der Waals surface area contributed by atoms with E-state index in [1.807, 2.05) is 60.7 Å². The van der Waals surface area contributed by atoms with Gasteiger partial charge in [0.05, 0.1) is 0 Å². The van der Waals surface area contributed by atoms with E-state index in [-0.39, 0.29) is 10.2 Å². The quantitative estimate of drug-likeness (QED) is 0.385. The van der Waals surface area contributed by atoms with Crippen LogP contribution in [0.4, 0.5) is 0 Å². The zero-order valence-electron chi connectivity index (χ0n) is 15.9. The maximum atomic E-state index is 11.7. The molecule has 0 spiro atoms. The first kappa shape index (κ1) is 21.8. The zero-order valence-corrected chi connectivity index (χ0v) is 17.6. The van der Waals surface area contributed by atoms with Gasteiger partial charge < -0.3 is 4.74 Å². The van der Waals surface area contributed by atoms with Crippen molar-refractivity contribution in [2.24, 2.45) is 0 Å². The van der Waals surface area contributed by atoms with Crippen molar-refractivity contribution in [2.75, 3.05) is 6.61 Å². The van der Waals surface area contributed by atoms with E-state index in [0.29, 0.717) is 17.8 Å². The van der Waals surface area contributed by atoms with E-state index < -0.39 is 0 Å². The van der Waals surface area contributed by atoms with Crippen LogP contribution in [0.15, 0.2) is 88.7 Å². The third kappa shape index (κ3) is 7.25. The number of carbonyl (C=O) groups excluding carboxylic acids is 2. The largest absolute Gasteiger partial charge is 0.490 e. The van der Waals surface area contributed by atoms with Crippen molar-refractivity contribution in [3.63, 3.8) is 0 Å². The van der Waals surface area contributed by atoms with Crippen molar-refractivity contribution in [1.29, 1.82) is 0 Å². The Balaban J connectivity index is 1.81. The van der Waals surface area contributed by atoms with E-state index in [2.05, 4.69) is 13.2 Å². The minimum Gasteiger partial charge on any atom is -0.490 e. The number of benzene rings is 2. The standard InChI is InChI=1S/C23H22O3S2/c1-16(2)22(24)27-20-11-7-18(8-12-20)6-5-15-26-19-9-13-21(14-10-19)28-23(25)17(3)4/h5-14H,1,3,15H2,2,4H3/b6-5+. The lowest BCUT2D eigenvalue weighted by molar-refractivity contribution is -0.108. The number of rotatable bonds is 8. The summed E-state index contributed by atoms with van der Waals surface area (Å²) in [4.78, 5) is 25.1. The van der Waals surface area contributed by atoms with Gasteiger partial charge in [-0.2, -0.15) is 0 Å². The second-order valence-electron chi connectivity index (χ2n) is 6.09. The maximum Gasteiger partial charge on any atom is 0.219 e. The van der Waals surface area contributed by atoms with E-state index in [1.165, 1.54) is 11.8 Å². The van der Waals surface area contributed by atoms with Gasteiger partial charge in [0.15, 0.2) is 0 Å². The molecule has 0 heterocycles. The van der Waals surface area contributed by atoms with E-state index in [9.17, 15) is 9.59 Å². The highest BCUT2D eigenvalue weighted by molar-refractivity contribution is 8.14. The summed E-state index contributed by atoms with van der Waals surface area (Å²) in [7, 11) is 0. The second kappa shape index (κ2) is 10.7. The first-order valence-electron chi connectivity index (χ1n) is 8.60. The van der Waals surface area contributed by atoms with Gasteiger partial charge in [0.2, 0.25) is 10.2 Å². The Morgan fingerprint density at radius 2 is 1.32 bits per heavy atom. The molecule has 0 saturated heterocycles. The van der Waals surface area contributed by atoms with Crippen LogP contribution in [0, 0.1) is 0 Å². The van der Waals surface area contributed by atoms with Crippen molar-refractivity contribution in [3.05, 3.63) is 84.5 Å². The third-order valence-corrected chi connectivity index (χ3v) is 5.56. The van der Waals surface area contributed by atoms with Crippen LogP contribution in [0.25, 0.3) is 6.08 Å². The summed E-state index contributed by atoms with van der Waals surface area (Å²) in [5.74, 6) is 0.738. The minimum atomic E-state index is -0.0370. The topological polar surface area (TPSA) is 43.4 Å². The number of carbonyl (C=O) groups is 2. The van der Waals surface area contributed by atoms with Gasteiger partial charge in [0.1, 0.15) is 12.4 Å². The first-order chi connectivity index (χ1) is 13.3. The average Bonchev–Trinajstić information content (AvgIpc) is 2.67. The summed E-state index contributed by atoms with van der Waals surface area (Å²) in [6, 6.07) is 15.1. The molecule has 3 nitrogen and oxygen atoms in total. The zero-order chi connectivity index (χ0) is 20.5. The lowest BCUT2D eigenvalue weighted by atomic mass is 10.2. The van der Waals surface area contributed by atoms with Crippen molar-refractivity contribution < 1.29 is 14.3 Å². The number of hydrogen-bond acceptors (Lipinski definition) is 5. The lowest BCUT2D eigenvalue weighted by Gasteiger charge is -2.05. The summed E-state index contributed by atoms with van der Waals surface area (Å²) < 4.78 is 5.68. The molecule has 28 heavy (non-hydrogen) atoms. The Morgan fingerprint density at radius 3 is 1.79 bits per heavy atom. The SMILES string of the molecule is C=C(C)C(=O)Sc1ccc(/C=C/COc2ccc(SC(=O)C(=C)C)cc2)cc1. The van der Waals surface area contributed by atoms with Gasteiger partial charge in [-0.25, -0.2) is 0 Å². The molecule has 0 amide bonds. The third-order valence-electron chi connectivity index (χ3n) is 3.48. The molecule has 0 unspecified atom stereocenters. The fourth-order valence-corrected chi connectivity index (χ4v) is 3.29. The molecule has 0 atom stereocenters. The van der Waals surface area contributed by atoms with Crippen LogP contribution in [0.2, 0.25) is 0 Å². The van der Waals surface area contributed by atoms with Gasteiger partial charge in [-0.3, -0.25) is 9.59 Å². The fraction of sp³-hybridized carbons (Fsp3) is 0.130. The molecular weight excluding hydrogens is 388 g/mol. The molecule has 5 heteroatoms. The number of hydrogen-bond donors (Lipinski definition) is 0. The molecule has 144 valence electrons. The Morgan fingerprint density at radius 1 is 0.857 bits per heavy atom. The normalized spacial score (nSPS) is 10.6. The van der Waals surface area contributed by atoms with Crippen LogP contribution >= 0.6 is 23.5 Å². The van der Waals surface area contributed by atoms with Crippen molar-refractivity contribution in [2.45, 2.75) is 23.6 Å². The molecule has 2 aromatic rings. The molecule has 0 radical (unpaired) electrons. The Kier molecular flexibility index (Phi) is 8.36. The molecular formula is C23H22O3S2. The molecule has 0 bridgehead atoms. The highest BCUT2D eigenvalue weighted by Crippen LogP contribution is 2.24. The Bertz CT molecular complexity index is 894. The van der Waals surface area contributed by atoms with Crippen molar-refractivity contribution in [3.8, 4) is 5.75 Å². The van der Waals surface area contributed by atoms with E-state index in [1.54, 1.807) is 13.8 Å². The Labute approximate surface area is 174 Å². The Hall–Kier alpha value is -2.50. The minimum absolute atomic E-state index is 0.0231. The maximum absolute atomic E-state index is 11.7. The predicted molar refractivity (Wildman–Crippen MR) is 119 cm³/mol. The number of ether oxygens (including phenoxy) is 1. The average molecular weight is 411 g/mol. The van der Waals surface area contributed by atoms with Gasteiger partial charge in [-0.05, 0) is 96.6 Å². The lowest BCUT2D eigenvalue weighted by Crippen LogP contribution is -1.94. The van der Waals surface area contributed by atoms with Crippen LogP contribution < -0.4 is 4.74 Å². The first-order valence-corrected chi connectivity index (χ1v) is 10.2. The van der Waals surface area contributed by atoms with Gasteiger partial charge in [-0.1, -0.05) is 31.4 Å². The van der Waals surface area contributed by atoms with Gasteiger partial charge >= 0.3 is 0 Å². The number of thioether (sulfide) groups is 2. The molecule has 0 aliphatic rings. The van der Waals surface area contributed by atoms with Crippen molar-refractivity contribution >= 4 is 39.8 Å². The van der Waals surface area contributed by atoms with Crippen LogP contribution in [0.3, 0.4) is 0 Å². The van der Waals surface area contributed by atoms with Crippen LogP contribution in [0.1, 0.15) is 19.4 Å². The molecule has 0 fully saturated rings. The summed E-state index contributed by atoms with van der Waals surface area (Å²) in [5, 5.41) is -0.0601. The van der Waals surface area contributed by atoms with Crippen LogP contribution in [0.5, 0.6) is 5.75 Å². The van der Waals surface area contributed by atoms with E-state index >= 15 is 0 Å². The summed E-state index contributed by atoms with van der Waals surface area (Å²) in [5.41, 5.74) is 2.10. The molecule has 0 saturated carbocycles. The second-order valence-corrected chi connectivity index (χ2v) is 8.19. The molecule has 2 rings (SSSR count). The monoisotopic (exact) mass is 410 g/mol. The van der Waals surface area contributed by atoms with Gasteiger partial charge in [0, 0.05) is 9.79 Å².